The van der Waals surface area contributed by atoms with E-state index in [9.17, 15) is 23.4 Å². The molecule has 1 aliphatic carbocycles. The SMILES string of the molecule is CS(=O)(=O)c1cncc(COc2nc(O[C@H]3CCc4c(-c5cccc(-c6ccc(OCCN7CC[C@@H](O)C7)cc6)c5Cl)cccc43)c(Cl)cc2CCC[C@@H](O)CC(=O)O)c1. The number of carboxylic acid groups (broad SMARTS) is 1. The Morgan fingerprint density at radius 2 is 1.73 bits per heavy atom. The van der Waals surface area contributed by atoms with Crippen molar-refractivity contribution in [1.29, 1.82) is 0 Å². The summed E-state index contributed by atoms with van der Waals surface area (Å²) in [6.45, 7) is 2.83. The van der Waals surface area contributed by atoms with Crippen LogP contribution in [0.3, 0.4) is 0 Å². The van der Waals surface area contributed by atoms with E-state index in [1.54, 1.807) is 6.07 Å². The van der Waals surface area contributed by atoms with Gasteiger partial charge < -0.3 is 29.5 Å². The Morgan fingerprint density at radius 3 is 2.48 bits per heavy atom. The highest BCUT2D eigenvalue weighted by molar-refractivity contribution is 7.90. The van der Waals surface area contributed by atoms with Crippen molar-refractivity contribution in [2.75, 3.05) is 32.5 Å². The van der Waals surface area contributed by atoms with Crippen LogP contribution in [0.15, 0.2) is 90.1 Å². The number of benzene rings is 3. The van der Waals surface area contributed by atoms with E-state index in [0.717, 1.165) is 71.3 Å². The first-order valence-corrected chi connectivity index (χ1v) is 22.5. The summed E-state index contributed by atoms with van der Waals surface area (Å²) in [5, 5.41) is 29.9. The van der Waals surface area contributed by atoms with Crippen molar-refractivity contribution in [3.63, 3.8) is 0 Å². The number of β-amino-alcohol motifs (C(OH)–C–C–N with tert-alkyl or cyclic N) is 1. The summed E-state index contributed by atoms with van der Waals surface area (Å²) in [4.78, 5) is 22.1. The van der Waals surface area contributed by atoms with Crippen LogP contribution in [-0.4, -0.2) is 89.3 Å². The highest BCUT2D eigenvalue weighted by Gasteiger charge is 2.29. The normalized spacial score (nSPS) is 17.0. The molecule has 3 N–H and O–H groups in total. The molecule has 0 saturated carbocycles. The number of likely N-dealkylation sites (tertiary alicyclic amines) is 1. The summed E-state index contributed by atoms with van der Waals surface area (Å²) in [6.07, 6.45) is 5.12. The quantitative estimate of drug-likeness (QED) is 0.0784. The zero-order chi connectivity index (χ0) is 42.4. The van der Waals surface area contributed by atoms with Crippen LogP contribution in [-0.2, 0) is 34.1 Å². The third kappa shape index (κ3) is 10.8. The lowest BCUT2D eigenvalue weighted by Crippen LogP contribution is -2.27. The summed E-state index contributed by atoms with van der Waals surface area (Å²) in [5.74, 6) is 0.0598. The topological polar surface area (TPSA) is 169 Å². The second kappa shape index (κ2) is 19.3. The fourth-order valence-corrected chi connectivity index (χ4v) is 8.91. The maximum atomic E-state index is 12.2. The van der Waals surface area contributed by atoms with Gasteiger partial charge in [0.15, 0.2) is 9.84 Å². The van der Waals surface area contributed by atoms with Gasteiger partial charge in [0.05, 0.1) is 28.5 Å². The van der Waals surface area contributed by atoms with Crippen LogP contribution in [0.2, 0.25) is 10.0 Å². The predicted molar refractivity (Wildman–Crippen MR) is 229 cm³/mol. The van der Waals surface area contributed by atoms with Crippen molar-refractivity contribution in [3.05, 3.63) is 117 Å². The van der Waals surface area contributed by atoms with Crippen molar-refractivity contribution in [3.8, 4) is 39.8 Å². The predicted octanol–water partition coefficient (Wildman–Crippen LogP) is 7.77. The van der Waals surface area contributed by atoms with Gasteiger partial charge in [0.2, 0.25) is 11.8 Å². The van der Waals surface area contributed by atoms with Crippen molar-refractivity contribution in [2.24, 2.45) is 0 Å². The smallest absolute Gasteiger partial charge is 0.305 e. The van der Waals surface area contributed by atoms with E-state index in [2.05, 4.69) is 16.0 Å². The molecule has 0 radical (unpaired) electrons. The van der Waals surface area contributed by atoms with Gasteiger partial charge >= 0.3 is 5.97 Å². The molecule has 1 fully saturated rings. The molecule has 1 saturated heterocycles. The number of sulfone groups is 1. The monoisotopic (exact) mass is 875 g/mol. The van der Waals surface area contributed by atoms with E-state index in [1.807, 2.05) is 54.6 Å². The molecule has 7 rings (SSSR count). The molecule has 3 heterocycles. The summed E-state index contributed by atoms with van der Waals surface area (Å²) >= 11 is 14.0. The summed E-state index contributed by atoms with van der Waals surface area (Å²) in [6, 6.07) is 23.2. The lowest BCUT2D eigenvalue weighted by atomic mass is 9.94. The van der Waals surface area contributed by atoms with Gasteiger partial charge in [-0.3, -0.25) is 14.7 Å². The molecule has 0 unspecified atom stereocenters. The number of hydrogen-bond donors (Lipinski definition) is 3. The van der Waals surface area contributed by atoms with Crippen LogP contribution < -0.4 is 14.2 Å². The molecule has 1 aliphatic heterocycles. The van der Waals surface area contributed by atoms with E-state index >= 15 is 0 Å². The Kier molecular flexibility index (Phi) is 13.9. The lowest BCUT2D eigenvalue weighted by molar-refractivity contribution is -0.139. The van der Waals surface area contributed by atoms with E-state index < -0.39 is 21.9 Å². The van der Waals surface area contributed by atoms with Gasteiger partial charge in [-0.1, -0.05) is 71.7 Å². The number of fused-ring (bicyclic) bond motifs is 1. The minimum Gasteiger partial charge on any atom is -0.492 e. The molecule has 60 heavy (non-hydrogen) atoms. The molecule has 0 spiro atoms. The van der Waals surface area contributed by atoms with Gasteiger partial charge in [0.25, 0.3) is 0 Å². The summed E-state index contributed by atoms with van der Waals surface area (Å²) < 4.78 is 43.0. The first-order valence-electron chi connectivity index (χ1n) is 19.9. The molecule has 2 aliphatic rings. The zero-order valence-corrected chi connectivity index (χ0v) is 35.4. The van der Waals surface area contributed by atoms with Crippen LogP contribution >= 0.6 is 23.2 Å². The molecule has 316 valence electrons. The molecule has 3 atom stereocenters. The fourth-order valence-electron chi connectivity index (χ4n) is 7.74. The highest BCUT2D eigenvalue weighted by atomic mass is 35.5. The molecule has 15 heteroatoms. The molecule has 5 aromatic rings. The van der Waals surface area contributed by atoms with Crippen molar-refractivity contribution in [2.45, 2.75) is 74.8 Å². The number of ether oxygens (including phenoxy) is 3. The van der Waals surface area contributed by atoms with Crippen LogP contribution in [0.4, 0.5) is 0 Å². The number of nitrogens with zero attached hydrogens (tertiary/aromatic N) is 3. The number of rotatable bonds is 18. The standard InChI is InChI=1S/C45H47Cl2N3O9S/c1-60(55,56)34-21-28(24-48-25-34)27-58-44-30(5-2-6-31(51)23-42(53)54)22-40(46)45(49-44)59-41-16-15-37-36(8-4-9-38(37)41)39-10-3-7-35(43(39)47)29-11-13-33(14-12-29)57-20-19-50-18-17-32(52)26-50/h3-4,7-14,21-22,24-25,31-32,41,51-52H,2,5-6,15-20,23,26-27H2,1H3,(H,53,54)/t31-,32-,41+/m1/s1. The zero-order valence-electron chi connectivity index (χ0n) is 33.1. The van der Waals surface area contributed by atoms with Crippen LogP contribution in [0.5, 0.6) is 17.5 Å². The molecular weight excluding hydrogens is 829 g/mol. The largest absolute Gasteiger partial charge is 0.492 e. The number of aliphatic hydroxyl groups excluding tert-OH is 2. The van der Waals surface area contributed by atoms with E-state index in [4.69, 9.17) is 47.5 Å². The molecule has 2 aromatic heterocycles. The Labute approximate surface area is 359 Å². The van der Waals surface area contributed by atoms with Crippen LogP contribution in [0.25, 0.3) is 22.3 Å². The Bertz CT molecular complexity index is 2430. The number of aliphatic carboxylic acids is 1. The number of hydrogen-bond acceptors (Lipinski definition) is 11. The fraction of sp³-hybridized carbons (Fsp3) is 0.356. The van der Waals surface area contributed by atoms with Crippen molar-refractivity contribution < 1.29 is 42.7 Å². The van der Waals surface area contributed by atoms with Crippen LogP contribution in [0, 0.1) is 0 Å². The lowest BCUT2D eigenvalue weighted by Gasteiger charge is -2.19. The van der Waals surface area contributed by atoms with Gasteiger partial charge in [-0.15, -0.1) is 0 Å². The highest BCUT2D eigenvalue weighted by Crippen LogP contribution is 2.45. The van der Waals surface area contributed by atoms with E-state index in [1.165, 1.54) is 18.5 Å². The number of aromatic nitrogens is 2. The van der Waals surface area contributed by atoms with Gasteiger partial charge in [-0.05, 0) is 85.0 Å². The molecule has 12 nitrogen and oxygen atoms in total. The average molecular weight is 877 g/mol. The number of aryl methyl sites for hydroxylation is 1. The van der Waals surface area contributed by atoms with Gasteiger partial charge in [-0.2, -0.15) is 4.98 Å². The third-order valence-corrected chi connectivity index (χ3v) is 12.6. The first kappa shape index (κ1) is 43.3. The van der Waals surface area contributed by atoms with Crippen molar-refractivity contribution >= 4 is 39.0 Å². The second-order valence-corrected chi connectivity index (χ2v) is 18.1. The number of aliphatic hydroxyl groups is 2. The van der Waals surface area contributed by atoms with Gasteiger partial charge in [0.1, 0.15) is 30.1 Å². The molecule has 0 amide bonds. The maximum Gasteiger partial charge on any atom is 0.305 e. The van der Waals surface area contributed by atoms with Gasteiger partial charge in [0, 0.05) is 60.5 Å². The first-order chi connectivity index (χ1) is 28.8. The number of pyridine rings is 2. The average Bonchev–Trinajstić information content (AvgIpc) is 3.83. The number of carboxylic acids is 1. The Hall–Kier alpha value is -4.76. The molecule has 0 bridgehead atoms. The minimum absolute atomic E-state index is 0.0439. The summed E-state index contributed by atoms with van der Waals surface area (Å²) in [7, 11) is -3.50. The molecule has 3 aromatic carbocycles. The Balaban J connectivity index is 1.08. The van der Waals surface area contributed by atoms with E-state index in [-0.39, 0.29) is 53.3 Å². The van der Waals surface area contributed by atoms with E-state index in [0.29, 0.717) is 48.6 Å². The molecular formula is C45H47Cl2N3O9S. The minimum atomic E-state index is -3.50. The maximum absolute atomic E-state index is 12.2. The second-order valence-electron chi connectivity index (χ2n) is 15.3. The van der Waals surface area contributed by atoms with Crippen LogP contribution in [0.1, 0.15) is 60.5 Å². The number of halogens is 2. The third-order valence-electron chi connectivity index (χ3n) is 10.8. The number of carbonyl (C=O) groups is 1. The van der Waals surface area contributed by atoms with Crippen molar-refractivity contribution in [1.82, 2.24) is 14.9 Å². The van der Waals surface area contributed by atoms with Gasteiger partial charge in [-0.25, -0.2) is 8.42 Å². The Morgan fingerprint density at radius 1 is 0.967 bits per heavy atom. The summed E-state index contributed by atoms with van der Waals surface area (Å²) in [5.41, 5.74) is 6.99.